The van der Waals surface area contributed by atoms with Gasteiger partial charge in [-0.2, -0.15) is 0 Å². The molecule has 0 saturated heterocycles. The first-order chi connectivity index (χ1) is 10.7. The molecule has 7 heteroatoms. The van der Waals surface area contributed by atoms with Gasteiger partial charge in [0.25, 0.3) is 0 Å². The highest BCUT2D eigenvalue weighted by Gasteiger charge is 2.12. The largest absolute Gasteiger partial charge is 0.454 e. The minimum absolute atomic E-state index is 0.275. The molecule has 0 atom stereocenters. The van der Waals surface area contributed by atoms with E-state index in [0.29, 0.717) is 16.7 Å². The summed E-state index contributed by atoms with van der Waals surface area (Å²) in [5, 5.41) is 4.29. The number of ether oxygens (including phenoxy) is 2. The number of benzene rings is 2. The lowest BCUT2D eigenvalue weighted by molar-refractivity contribution is 0.174. The van der Waals surface area contributed by atoms with Gasteiger partial charge >= 0.3 is 0 Å². The molecule has 1 aliphatic heterocycles. The molecular formula is C15H14ClN3O2S. The van der Waals surface area contributed by atoms with Crippen molar-refractivity contribution >= 4 is 34.6 Å². The third kappa shape index (κ3) is 3.72. The fourth-order valence-electron chi connectivity index (χ4n) is 1.94. The van der Waals surface area contributed by atoms with Gasteiger partial charge in [-0.3, -0.25) is 10.9 Å². The van der Waals surface area contributed by atoms with Crippen LogP contribution in [0.25, 0.3) is 0 Å². The van der Waals surface area contributed by atoms with Crippen molar-refractivity contribution in [1.29, 1.82) is 0 Å². The van der Waals surface area contributed by atoms with Crippen LogP contribution in [0.5, 0.6) is 11.5 Å². The Morgan fingerprint density at radius 1 is 1.09 bits per heavy atom. The van der Waals surface area contributed by atoms with E-state index in [0.717, 1.165) is 22.7 Å². The van der Waals surface area contributed by atoms with Crippen LogP contribution < -0.4 is 25.6 Å². The smallest absolute Gasteiger partial charge is 0.231 e. The van der Waals surface area contributed by atoms with Crippen molar-refractivity contribution < 1.29 is 9.47 Å². The van der Waals surface area contributed by atoms with Crippen LogP contribution in [0, 0.1) is 0 Å². The number of hydrogen-bond donors (Lipinski definition) is 3. The van der Waals surface area contributed by atoms with Crippen LogP contribution in [0.15, 0.2) is 42.5 Å². The predicted molar refractivity (Wildman–Crippen MR) is 90.2 cm³/mol. The Morgan fingerprint density at radius 2 is 1.86 bits per heavy atom. The summed E-state index contributed by atoms with van der Waals surface area (Å²) in [6.07, 6.45) is 0. The molecule has 0 spiro atoms. The molecule has 2 aromatic carbocycles. The molecule has 0 unspecified atom stereocenters. The fourth-order valence-corrected chi connectivity index (χ4v) is 2.19. The molecule has 0 bridgehead atoms. The van der Waals surface area contributed by atoms with E-state index in [1.165, 1.54) is 0 Å². The quantitative estimate of drug-likeness (QED) is 0.590. The molecular weight excluding hydrogens is 322 g/mol. The first-order valence-corrected chi connectivity index (χ1v) is 7.43. The summed E-state index contributed by atoms with van der Waals surface area (Å²) in [5.74, 6) is 1.53. The molecule has 0 aromatic heterocycles. The topological polar surface area (TPSA) is 54.5 Å². The van der Waals surface area contributed by atoms with Crippen molar-refractivity contribution in [2.75, 3.05) is 12.2 Å². The van der Waals surface area contributed by atoms with Gasteiger partial charge in [-0.25, -0.2) is 0 Å². The van der Waals surface area contributed by atoms with Crippen molar-refractivity contribution in [2.45, 2.75) is 6.54 Å². The average Bonchev–Trinajstić information content (AvgIpc) is 3.00. The molecule has 3 N–H and O–H groups in total. The summed E-state index contributed by atoms with van der Waals surface area (Å²) in [4.78, 5) is 0. The predicted octanol–water partition coefficient (Wildman–Crippen LogP) is 3.06. The number of nitrogens with one attached hydrogen (secondary N) is 3. The number of halogens is 1. The third-order valence-corrected chi connectivity index (χ3v) is 3.55. The lowest BCUT2D eigenvalue weighted by atomic mass is 10.2. The highest BCUT2D eigenvalue weighted by atomic mass is 35.5. The normalized spacial score (nSPS) is 11.9. The van der Waals surface area contributed by atoms with Gasteiger partial charge in [-0.1, -0.05) is 17.7 Å². The molecule has 0 saturated carbocycles. The molecule has 0 fully saturated rings. The van der Waals surface area contributed by atoms with E-state index in [1.54, 1.807) is 12.1 Å². The summed E-state index contributed by atoms with van der Waals surface area (Å²) in [7, 11) is 0. The molecule has 2 aromatic rings. The van der Waals surface area contributed by atoms with Crippen LogP contribution >= 0.6 is 23.8 Å². The van der Waals surface area contributed by atoms with E-state index in [1.807, 2.05) is 30.3 Å². The van der Waals surface area contributed by atoms with Crippen molar-refractivity contribution in [3.05, 3.63) is 53.1 Å². The van der Waals surface area contributed by atoms with Gasteiger partial charge in [0.05, 0.1) is 5.69 Å². The molecule has 0 amide bonds. The molecule has 5 nitrogen and oxygen atoms in total. The van der Waals surface area contributed by atoms with Gasteiger partial charge in [0, 0.05) is 11.6 Å². The SMILES string of the molecule is S=C(NCc1ccc2c(c1)OCO2)NNc1ccc(Cl)cc1. The Balaban J connectivity index is 1.47. The number of rotatable bonds is 4. The summed E-state index contributed by atoms with van der Waals surface area (Å²) in [6, 6.07) is 13.1. The minimum Gasteiger partial charge on any atom is -0.454 e. The molecule has 22 heavy (non-hydrogen) atoms. The Morgan fingerprint density at radius 3 is 2.68 bits per heavy atom. The van der Waals surface area contributed by atoms with Crippen LogP contribution in [0.3, 0.4) is 0 Å². The molecule has 3 rings (SSSR count). The summed E-state index contributed by atoms with van der Waals surface area (Å²) < 4.78 is 10.6. The summed E-state index contributed by atoms with van der Waals surface area (Å²) >= 11 is 11.0. The maximum absolute atomic E-state index is 5.83. The van der Waals surface area contributed by atoms with Crippen molar-refractivity contribution in [1.82, 2.24) is 10.7 Å². The molecule has 0 radical (unpaired) electrons. The van der Waals surface area contributed by atoms with Crippen molar-refractivity contribution in [2.24, 2.45) is 0 Å². The first kappa shape index (κ1) is 14.7. The zero-order valence-electron chi connectivity index (χ0n) is 11.6. The van der Waals surface area contributed by atoms with Crippen LogP contribution in [0.1, 0.15) is 5.56 Å². The second-order valence-electron chi connectivity index (χ2n) is 4.63. The second-order valence-corrected chi connectivity index (χ2v) is 5.47. The highest BCUT2D eigenvalue weighted by molar-refractivity contribution is 7.80. The number of anilines is 1. The van der Waals surface area contributed by atoms with E-state index >= 15 is 0 Å². The van der Waals surface area contributed by atoms with Crippen LogP contribution in [-0.4, -0.2) is 11.9 Å². The maximum Gasteiger partial charge on any atom is 0.231 e. The van der Waals surface area contributed by atoms with Crippen molar-refractivity contribution in [3.8, 4) is 11.5 Å². The highest BCUT2D eigenvalue weighted by Crippen LogP contribution is 2.32. The molecule has 1 heterocycles. The van der Waals surface area contributed by atoms with Gasteiger partial charge in [0.1, 0.15) is 0 Å². The van der Waals surface area contributed by atoms with Gasteiger partial charge in [-0.05, 0) is 54.2 Å². The van der Waals surface area contributed by atoms with E-state index in [-0.39, 0.29) is 6.79 Å². The lowest BCUT2D eigenvalue weighted by Crippen LogP contribution is -2.38. The Hall–Kier alpha value is -2.18. The van der Waals surface area contributed by atoms with E-state index in [2.05, 4.69) is 16.2 Å². The number of thiocarbonyl (C=S) groups is 1. The molecule has 114 valence electrons. The van der Waals surface area contributed by atoms with Crippen LogP contribution in [0.2, 0.25) is 5.02 Å². The Labute approximate surface area is 138 Å². The van der Waals surface area contributed by atoms with Crippen molar-refractivity contribution in [3.63, 3.8) is 0 Å². The Bertz CT molecular complexity index is 679. The van der Waals surface area contributed by atoms with Gasteiger partial charge in [0.15, 0.2) is 16.6 Å². The van der Waals surface area contributed by atoms with Crippen LogP contribution in [0.4, 0.5) is 5.69 Å². The van der Waals surface area contributed by atoms with E-state index in [4.69, 9.17) is 33.3 Å². The zero-order valence-corrected chi connectivity index (χ0v) is 13.1. The molecule has 1 aliphatic rings. The van der Waals surface area contributed by atoms with E-state index in [9.17, 15) is 0 Å². The standard InChI is InChI=1S/C15H14ClN3O2S/c16-11-2-4-12(5-3-11)18-19-15(22)17-8-10-1-6-13-14(7-10)21-9-20-13/h1-7,18H,8-9H2,(H2,17,19,22). The molecule has 0 aliphatic carbocycles. The van der Waals surface area contributed by atoms with Gasteiger partial charge < -0.3 is 14.8 Å². The third-order valence-electron chi connectivity index (χ3n) is 3.05. The maximum atomic E-state index is 5.83. The van der Waals surface area contributed by atoms with Crippen LogP contribution in [-0.2, 0) is 6.54 Å². The summed E-state index contributed by atoms with van der Waals surface area (Å²) in [5.41, 5.74) is 7.83. The lowest BCUT2D eigenvalue weighted by Gasteiger charge is -2.12. The van der Waals surface area contributed by atoms with Gasteiger partial charge in [0.2, 0.25) is 6.79 Å². The average molecular weight is 336 g/mol. The monoisotopic (exact) mass is 335 g/mol. The minimum atomic E-state index is 0.275. The zero-order chi connectivity index (χ0) is 15.4. The van der Waals surface area contributed by atoms with Gasteiger partial charge in [-0.15, -0.1) is 0 Å². The number of hydrogen-bond acceptors (Lipinski definition) is 4. The van der Waals surface area contributed by atoms with E-state index < -0.39 is 0 Å². The Kier molecular flexibility index (Phi) is 4.50. The fraction of sp³-hybridized carbons (Fsp3) is 0.133. The number of fused-ring (bicyclic) bond motifs is 1. The first-order valence-electron chi connectivity index (χ1n) is 6.65. The number of hydrazine groups is 1. The summed E-state index contributed by atoms with van der Waals surface area (Å²) in [6.45, 7) is 0.863. The second kappa shape index (κ2) is 6.72.